The Morgan fingerprint density at radius 3 is 1.63 bits per heavy atom. The molecule has 5 heteroatoms. The lowest BCUT2D eigenvalue weighted by molar-refractivity contribution is 0.479. The maximum atomic E-state index is 7.00. The molecule has 2 aliphatic heterocycles. The zero-order chi connectivity index (χ0) is 38.9. The molecule has 0 atom stereocenters. The molecule has 0 unspecified atom stereocenters. The third kappa shape index (κ3) is 5.15. The highest BCUT2D eigenvalue weighted by Crippen LogP contribution is 2.41. The number of benzene rings is 9. The van der Waals surface area contributed by atoms with E-state index in [1.165, 1.54) is 48.1 Å². The standard InChI is InChI=1S/C54H36BNO2Si/c1-4-17-40(18-5-1)59(41-19-6-2-7-20-41,42-21-8-3-9-22-42)43-23-14-16-37(34-43)38-30-33-51-47(35-38)46-26-15-29-52-54(46)55(58-51)48-32-31-39(36-53(48)57-52)56-49-27-12-10-24-44(49)45-25-11-13-28-50(45)56/h1-36H. The van der Waals surface area contributed by atoms with Crippen LogP contribution in [0.4, 0.5) is 0 Å². The Labute approximate surface area is 344 Å². The minimum absolute atomic E-state index is 0.284. The molecule has 0 radical (unpaired) electrons. The average Bonchev–Trinajstić information content (AvgIpc) is 3.65. The normalized spacial score (nSPS) is 12.6. The van der Waals surface area contributed by atoms with Gasteiger partial charge in [-0.1, -0.05) is 176 Å². The van der Waals surface area contributed by atoms with Crippen molar-refractivity contribution in [3.05, 3.63) is 218 Å². The van der Waals surface area contributed by atoms with Crippen molar-refractivity contribution in [1.82, 2.24) is 4.57 Å². The van der Waals surface area contributed by atoms with Gasteiger partial charge in [0.25, 0.3) is 0 Å². The highest BCUT2D eigenvalue weighted by molar-refractivity contribution is 7.19. The number of nitrogens with zero attached hydrogens (tertiary/aromatic N) is 1. The first-order valence-electron chi connectivity index (χ1n) is 20.3. The SMILES string of the molecule is c1ccc([Si](c2ccccc2)(c2ccccc2)c2cccc(-c3ccc4c(c3)-c3cccc5c3B(O4)c3ccc(-n4c6ccccc6c6ccccc64)cc3O5)c2)cc1. The zero-order valence-electron chi connectivity index (χ0n) is 32.1. The van der Waals surface area contributed by atoms with E-state index in [0.717, 1.165) is 50.6 Å². The van der Waals surface area contributed by atoms with Crippen LogP contribution in [0.25, 0.3) is 49.7 Å². The predicted octanol–water partition coefficient (Wildman–Crippen LogP) is 9.10. The first-order chi connectivity index (χ1) is 29.3. The van der Waals surface area contributed by atoms with Crippen LogP contribution in [0.15, 0.2) is 218 Å². The molecule has 1 aromatic heterocycles. The Bertz CT molecular complexity index is 3090. The van der Waals surface area contributed by atoms with Gasteiger partial charge in [0.15, 0.2) is 8.07 Å². The quantitative estimate of drug-likeness (QED) is 0.125. The highest BCUT2D eigenvalue weighted by Gasteiger charge is 2.43. The largest absolute Gasteiger partial charge is 0.551 e. The third-order valence-corrected chi connectivity index (χ3v) is 17.2. The molecule has 276 valence electrons. The van der Waals surface area contributed by atoms with Crippen LogP contribution in [-0.4, -0.2) is 19.6 Å². The van der Waals surface area contributed by atoms with E-state index >= 15 is 0 Å². The number of para-hydroxylation sites is 2. The number of ether oxygens (including phenoxy) is 1. The molecule has 9 aromatic carbocycles. The lowest BCUT2D eigenvalue weighted by Gasteiger charge is -2.35. The summed E-state index contributed by atoms with van der Waals surface area (Å²) in [6, 6.07) is 79.4. The summed E-state index contributed by atoms with van der Waals surface area (Å²) in [5.74, 6) is 2.53. The number of aromatic nitrogens is 1. The number of hydrogen-bond donors (Lipinski definition) is 0. The predicted molar refractivity (Wildman–Crippen MR) is 247 cm³/mol. The summed E-state index contributed by atoms with van der Waals surface area (Å²) in [6.45, 7) is -0.284. The second-order valence-corrected chi connectivity index (χ2v) is 19.4. The molecule has 0 bridgehead atoms. The molecule has 12 rings (SSSR count). The first-order valence-corrected chi connectivity index (χ1v) is 22.3. The Morgan fingerprint density at radius 1 is 0.390 bits per heavy atom. The van der Waals surface area contributed by atoms with Gasteiger partial charge >= 0.3 is 6.92 Å². The monoisotopic (exact) mass is 769 g/mol. The van der Waals surface area contributed by atoms with E-state index in [1.807, 2.05) is 0 Å². The fourth-order valence-corrected chi connectivity index (χ4v) is 14.6. The third-order valence-electron chi connectivity index (χ3n) is 12.4. The van der Waals surface area contributed by atoms with Gasteiger partial charge in [-0.2, -0.15) is 0 Å². The summed E-state index contributed by atoms with van der Waals surface area (Å²) in [5, 5.41) is 7.89. The molecule has 2 aliphatic rings. The molecule has 0 N–H and O–H groups in total. The summed E-state index contributed by atoms with van der Waals surface area (Å²) in [6.07, 6.45) is 0. The van der Waals surface area contributed by atoms with Crippen LogP contribution in [0.2, 0.25) is 0 Å². The van der Waals surface area contributed by atoms with Gasteiger partial charge in [-0.05, 0) is 73.8 Å². The minimum Gasteiger partial charge on any atom is -0.551 e. The summed E-state index contributed by atoms with van der Waals surface area (Å²) >= 11 is 0. The summed E-state index contributed by atoms with van der Waals surface area (Å²) in [5.41, 5.74) is 10.0. The molecule has 0 saturated heterocycles. The molecular formula is C54H36BNO2Si. The van der Waals surface area contributed by atoms with Crippen molar-refractivity contribution in [2.45, 2.75) is 0 Å². The molecular weight excluding hydrogens is 733 g/mol. The lowest BCUT2D eigenvalue weighted by atomic mass is 9.51. The van der Waals surface area contributed by atoms with Gasteiger partial charge in [-0.25, -0.2) is 0 Å². The van der Waals surface area contributed by atoms with Crippen molar-refractivity contribution in [2.24, 2.45) is 0 Å². The molecule has 59 heavy (non-hydrogen) atoms. The van der Waals surface area contributed by atoms with Crippen molar-refractivity contribution in [3.63, 3.8) is 0 Å². The topological polar surface area (TPSA) is 23.4 Å². The molecule has 3 heterocycles. The summed E-state index contributed by atoms with van der Waals surface area (Å²) in [4.78, 5) is 0. The van der Waals surface area contributed by atoms with Crippen LogP contribution in [0, 0.1) is 0 Å². The zero-order valence-corrected chi connectivity index (χ0v) is 33.1. The van der Waals surface area contributed by atoms with Crippen molar-refractivity contribution < 1.29 is 9.39 Å². The van der Waals surface area contributed by atoms with E-state index in [-0.39, 0.29) is 6.92 Å². The second-order valence-electron chi connectivity index (χ2n) is 15.5. The van der Waals surface area contributed by atoms with Crippen LogP contribution < -0.4 is 41.1 Å². The molecule has 0 aliphatic carbocycles. The first kappa shape index (κ1) is 33.8. The molecule has 0 fully saturated rings. The molecule has 0 amide bonds. The Balaban J connectivity index is 0.958. The van der Waals surface area contributed by atoms with Crippen LogP contribution in [0.3, 0.4) is 0 Å². The van der Waals surface area contributed by atoms with Crippen molar-refractivity contribution in [1.29, 1.82) is 0 Å². The summed E-state index contributed by atoms with van der Waals surface area (Å²) < 4.78 is 16.1. The van der Waals surface area contributed by atoms with Crippen LogP contribution in [0.1, 0.15) is 0 Å². The molecule has 0 saturated carbocycles. The Hall–Kier alpha value is -7.34. The fraction of sp³-hybridized carbons (Fsp3) is 0. The van der Waals surface area contributed by atoms with Crippen LogP contribution >= 0.6 is 0 Å². The van der Waals surface area contributed by atoms with Crippen LogP contribution in [-0.2, 0) is 0 Å². The fourth-order valence-electron chi connectivity index (χ4n) is 9.85. The number of hydrogen-bond acceptors (Lipinski definition) is 2. The smallest absolute Gasteiger partial charge is 0.434 e. The van der Waals surface area contributed by atoms with E-state index in [4.69, 9.17) is 9.39 Å². The van der Waals surface area contributed by atoms with Crippen molar-refractivity contribution in [3.8, 4) is 45.2 Å². The molecule has 0 spiro atoms. The average molecular weight is 770 g/mol. The van der Waals surface area contributed by atoms with Gasteiger partial charge in [0.05, 0.1) is 11.0 Å². The second kappa shape index (κ2) is 13.4. The summed E-state index contributed by atoms with van der Waals surface area (Å²) in [7, 11) is -2.69. The van der Waals surface area contributed by atoms with Crippen molar-refractivity contribution in [2.75, 3.05) is 0 Å². The van der Waals surface area contributed by atoms with Gasteiger partial charge in [-0.15, -0.1) is 0 Å². The highest BCUT2D eigenvalue weighted by atomic mass is 28.3. The van der Waals surface area contributed by atoms with E-state index in [0.29, 0.717) is 0 Å². The van der Waals surface area contributed by atoms with E-state index in [2.05, 4.69) is 223 Å². The Kier molecular flexibility index (Phi) is 7.65. The van der Waals surface area contributed by atoms with Crippen LogP contribution in [0.5, 0.6) is 17.2 Å². The van der Waals surface area contributed by atoms with Gasteiger partial charge in [-0.3, -0.25) is 0 Å². The minimum atomic E-state index is -2.69. The molecule has 10 aromatic rings. The number of rotatable bonds is 6. The van der Waals surface area contributed by atoms with E-state index in [9.17, 15) is 0 Å². The van der Waals surface area contributed by atoms with E-state index in [1.54, 1.807) is 0 Å². The van der Waals surface area contributed by atoms with Crippen molar-refractivity contribution >= 4 is 68.5 Å². The maximum Gasteiger partial charge on any atom is 0.434 e. The lowest BCUT2D eigenvalue weighted by Crippen LogP contribution is -2.74. The van der Waals surface area contributed by atoms with Gasteiger partial charge < -0.3 is 14.0 Å². The van der Waals surface area contributed by atoms with Gasteiger partial charge in [0, 0.05) is 39.0 Å². The van der Waals surface area contributed by atoms with Gasteiger partial charge in [0.1, 0.15) is 17.2 Å². The van der Waals surface area contributed by atoms with E-state index < -0.39 is 8.07 Å². The maximum absolute atomic E-state index is 7.00. The number of fused-ring (bicyclic) bond motifs is 7. The molecule has 3 nitrogen and oxygen atoms in total. The Morgan fingerprint density at radius 2 is 0.966 bits per heavy atom. The van der Waals surface area contributed by atoms with Gasteiger partial charge in [0.2, 0.25) is 0 Å².